The van der Waals surface area contributed by atoms with Crippen LogP contribution in [0.3, 0.4) is 0 Å². The van der Waals surface area contributed by atoms with Gasteiger partial charge >= 0.3 is 0 Å². The summed E-state index contributed by atoms with van der Waals surface area (Å²) in [5, 5.41) is 9.09. The van der Waals surface area contributed by atoms with E-state index in [9.17, 15) is 0 Å². The zero-order valence-corrected chi connectivity index (χ0v) is 11.3. The molecule has 0 aromatic heterocycles. The van der Waals surface area contributed by atoms with Crippen molar-refractivity contribution >= 4 is 0 Å². The van der Waals surface area contributed by atoms with E-state index in [0.717, 1.165) is 30.1 Å². The first kappa shape index (κ1) is 14.0. The maximum atomic E-state index is 9.09. The van der Waals surface area contributed by atoms with E-state index in [1.807, 2.05) is 0 Å². The van der Waals surface area contributed by atoms with E-state index in [1.165, 1.54) is 19.3 Å². The molecule has 0 saturated heterocycles. The third-order valence-corrected chi connectivity index (χ3v) is 4.01. The van der Waals surface area contributed by atoms with E-state index in [1.54, 1.807) is 6.92 Å². The van der Waals surface area contributed by atoms with Gasteiger partial charge in [0.25, 0.3) is 0 Å². The Hall–Kier alpha value is -0.0800. The second kappa shape index (κ2) is 6.61. The van der Waals surface area contributed by atoms with Crippen molar-refractivity contribution in [3.8, 4) is 0 Å². The van der Waals surface area contributed by atoms with Crippen LogP contribution in [0.1, 0.15) is 53.4 Å². The smallest absolute Gasteiger partial charge is 0.151 e. The van der Waals surface area contributed by atoms with Crippen molar-refractivity contribution in [1.29, 1.82) is 0 Å². The number of ether oxygens (including phenoxy) is 1. The van der Waals surface area contributed by atoms with Crippen molar-refractivity contribution in [3.63, 3.8) is 0 Å². The average molecular weight is 228 g/mol. The summed E-state index contributed by atoms with van der Waals surface area (Å²) >= 11 is 0. The highest BCUT2D eigenvalue weighted by atomic mass is 16.6. The van der Waals surface area contributed by atoms with Crippen LogP contribution in [0, 0.1) is 23.7 Å². The molecule has 1 aliphatic rings. The second-order valence-corrected chi connectivity index (χ2v) is 5.84. The first-order valence-electron chi connectivity index (χ1n) is 6.80. The van der Waals surface area contributed by atoms with Crippen LogP contribution >= 0.6 is 0 Å². The molecule has 16 heavy (non-hydrogen) atoms. The maximum Gasteiger partial charge on any atom is 0.151 e. The van der Waals surface area contributed by atoms with Gasteiger partial charge in [0, 0.05) is 6.61 Å². The van der Waals surface area contributed by atoms with Gasteiger partial charge in [0.1, 0.15) is 0 Å². The van der Waals surface area contributed by atoms with Crippen LogP contribution in [0.2, 0.25) is 0 Å². The summed E-state index contributed by atoms with van der Waals surface area (Å²) in [6.45, 7) is 9.42. The zero-order valence-electron chi connectivity index (χ0n) is 11.3. The number of hydrogen-bond acceptors (Lipinski definition) is 2. The van der Waals surface area contributed by atoms with Gasteiger partial charge in [-0.3, -0.25) is 0 Å². The minimum atomic E-state index is -0.612. The molecular weight excluding hydrogens is 200 g/mol. The fourth-order valence-electron chi connectivity index (χ4n) is 3.12. The SMILES string of the molecule is CC1CCC(C(C)C)C(CCOC(C)O)C1. The molecule has 4 unspecified atom stereocenters. The predicted molar refractivity (Wildman–Crippen MR) is 67.1 cm³/mol. The third kappa shape index (κ3) is 4.42. The van der Waals surface area contributed by atoms with Gasteiger partial charge in [0.15, 0.2) is 6.29 Å². The molecule has 96 valence electrons. The lowest BCUT2D eigenvalue weighted by Gasteiger charge is -2.37. The zero-order chi connectivity index (χ0) is 12.1. The summed E-state index contributed by atoms with van der Waals surface area (Å²) in [6, 6.07) is 0. The molecule has 0 aliphatic heterocycles. The molecule has 1 saturated carbocycles. The topological polar surface area (TPSA) is 29.5 Å². The molecule has 2 heteroatoms. The van der Waals surface area contributed by atoms with Gasteiger partial charge in [-0.05, 0) is 49.9 Å². The highest BCUT2D eigenvalue weighted by Crippen LogP contribution is 2.39. The van der Waals surface area contributed by atoms with E-state index in [2.05, 4.69) is 20.8 Å². The van der Waals surface area contributed by atoms with Crippen molar-refractivity contribution in [1.82, 2.24) is 0 Å². The second-order valence-electron chi connectivity index (χ2n) is 5.84. The largest absolute Gasteiger partial charge is 0.368 e. The highest BCUT2D eigenvalue weighted by Gasteiger charge is 2.30. The molecule has 1 N–H and O–H groups in total. The number of aliphatic hydroxyl groups excluding tert-OH is 1. The third-order valence-electron chi connectivity index (χ3n) is 4.01. The molecule has 0 radical (unpaired) electrons. The van der Waals surface area contributed by atoms with Crippen LogP contribution < -0.4 is 0 Å². The normalized spacial score (nSPS) is 33.0. The molecule has 4 atom stereocenters. The quantitative estimate of drug-likeness (QED) is 0.730. The Bertz CT molecular complexity index is 189. The Balaban J connectivity index is 2.38. The molecule has 1 rings (SSSR count). The molecule has 2 nitrogen and oxygen atoms in total. The van der Waals surface area contributed by atoms with Crippen LogP contribution in [-0.2, 0) is 4.74 Å². The standard InChI is InChI=1S/C14H28O2/c1-10(2)14-6-5-11(3)9-13(14)7-8-16-12(4)15/h10-15H,5-9H2,1-4H3. The van der Waals surface area contributed by atoms with Gasteiger partial charge in [-0.15, -0.1) is 0 Å². The molecule has 0 bridgehead atoms. The van der Waals surface area contributed by atoms with Gasteiger partial charge in [-0.25, -0.2) is 0 Å². The van der Waals surface area contributed by atoms with Gasteiger partial charge in [-0.2, -0.15) is 0 Å². The van der Waals surface area contributed by atoms with Gasteiger partial charge < -0.3 is 9.84 Å². The summed E-state index contributed by atoms with van der Waals surface area (Å²) in [4.78, 5) is 0. The summed E-state index contributed by atoms with van der Waals surface area (Å²) in [5.41, 5.74) is 0. The van der Waals surface area contributed by atoms with Crippen LogP contribution in [-0.4, -0.2) is 18.0 Å². The number of rotatable bonds is 5. The summed E-state index contributed by atoms with van der Waals surface area (Å²) in [6.07, 6.45) is 4.59. The lowest BCUT2D eigenvalue weighted by Crippen LogP contribution is -2.29. The molecular formula is C14H28O2. The minimum absolute atomic E-state index is 0.612. The maximum absolute atomic E-state index is 9.09. The van der Waals surface area contributed by atoms with Gasteiger partial charge in [0.05, 0.1) is 0 Å². The molecule has 1 aliphatic carbocycles. The molecule has 0 amide bonds. The van der Waals surface area contributed by atoms with Crippen LogP contribution in [0.4, 0.5) is 0 Å². The van der Waals surface area contributed by atoms with E-state index in [0.29, 0.717) is 6.61 Å². The fourth-order valence-corrected chi connectivity index (χ4v) is 3.12. The Morgan fingerprint density at radius 1 is 1.25 bits per heavy atom. The summed E-state index contributed by atoms with van der Waals surface area (Å²) < 4.78 is 5.26. The monoisotopic (exact) mass is 228 g/mol. The first-order chi connectivity index (χ1) is 7.50. The lowest BCUT2D eigenvalue weighted by atomic mass is 9.69. The first-order valence-corrected chi connectivity index (χ1v) is 6.80. The van der Waals surface area contributed by atoms with Crippen molar-refractivity contribution in [2.45, 2.75) is 59.7 Å². The molecule has 0 aromatic carbocycles. The molecule has 1 fully saturated rings. The Kier molecular flexibility index (Phi) is 5.77. The van der Waals surface area contributed by atoms with Gasteiger partial charge in [0.2, 0.25) is 0 Å². The number of aliphatic hydroxyl groups is 1. The van der Waals surface area contributed by atoms with E-state index >= 15 is 0 Å². The Labute approximate surface area is 100 Å². The van der Waals surface area contributed by atoms with Crippen LogP contribution in [0.5, 0.6) is 0 Å². The highest BCUT2D eigenvalue weighted by molar-refractivity contribution is 4.80. The average Bonchev–Trinajstić information content (AvgIpc) is 2.16. The van der Waals surface area contributed by atoms with Gasteiger partial charge in [-0.1, -0.05) is 27.2 Å². The number of hydrogen-bond donors (Lipinski definition) is 1. The predicted octanol–water partition coefficient (Wildman–Crippen LogP) is 3.44. The fraction of sp³-hybridized carbons (Fsp3) is 1.00. The van der Waals surface area contributed by atoms with E-state index in [-0.39, 0.29) is 0 Å². The summed E-state index contributed by atoms with van der Waals surface area (Å²) in [5.74, 6) is 3.30. The van der Waals surface area contributed by atoms with E-state index in [4.69, 9.17) is 9.84 Å². The summed E-state index contributed by atoms with van der Waals surface area (Å²) in [7, 11) is 0. The molecule has 0 aromatic rings. The molecule has 0 heterocycles. The van der Waals surface area contributed by atoms with Crippen LogP contribution in [0.15, 0.2) is 0 Å². The Morgan fingerprint density at radius 3 is 2.50 bits per heavy atom. The van der Waals surface area contributed by atoms with E-state index < -0.39 is 6.29 Å². The van der Waals surface area contributed by atoms with Crippen molar-refractivity contribution in [2.24, 2.45) is 23.7 Å². The minimum Gasteiger partial charge on any atom is -0.368 e. The lowest BCUT2D eigenvalue weighted by molar-refractivity contribution is -0.0916. The Morgan fingerprint density at radius 2 is 1.94 bits per heavy atom. The molecule has 0 spiro atoms. The van der Waals surface area contributed by atoms with Crippen LogP contribution in [0.25, 0.3) is 0 Å². The van der Waals surface area contributed by atoms with Crippen molar-refractivity contribution < 1.29 is 9.84 Å². The van der Waals surface area contributed by atoms with Crippen molar-refractivity contribution in [2.75, 3.05) is 6.61 Å². The van der Waals surface area contributed by atoms with Crippen molar-refractivity contribution in [3.05, 3.63) is 0 Å².